The standard InChI is InChI=1S/C17H21Cl2NO3S2/c1-3-12(2)15(11-21)20(10-13-5-4-6-14(18)9-13)25(22,23)17-8-7-16(19)24-17/h4-9,12,15,21H,3,10-11H2,1-2H3. The first kappa shape index (κ1) is 20.7. The Hall–Kier alpha value is -0.630. The van der Waals surface area contributed by atoms with Crippen LogP contribution in [0.5, 0.6) is 0 Å². The number of halogens is 2. The third kappa shape index (κ3) is 4.96. The van der Waals surface area contributed by atoms with Crippen molar-refractivity contribution in [2.45, 2.75) is 37.1 Å². The molecule has 2 unspecified atom stereocenters. The smallest absolute Gasteiger partial charge is 0.253 e. The molecule has 4 nitrogen and oxygen atoms in total. The molecule has 0 aliphatic heterocycles. The van der Waals surface area contributed by atoms with E-state index in [0.29, 0.717) is 9.36 Å². The summed E-state index contributed by atoms with van der Waals surface area (Å²) in [5, 5.41) is 10.4. The summed E-state index contributed by atoms with van der Waals surface area (Å²) in [4.78, 5) is 0. The number of aliphatic hydroxyl groups excluding tert-OH is 1. The third-order valence-corrected chi connectivity index (χ3v) is 8.00. The molecule has 1 aromatic heterocycles. The Morgan fingerprint density at radius 3 is 2.48 bits per heavy atom. The van der Waals surface area contributed by atoms with Gasteiger partial charge in [0.15, 0.2) is 0 Å². The summed E-state index contributed by atoms with van der Waals surface area (Å²) in [5.74, 6) is -0.00519. The van der Waals surface area contributed by atoms with Crippen molar-refractivity contribution in [3.05, 3.63) is 51.3 Å². The molecule has 0 radical (unpaired) electrons. The van der Waals surface area contributed by atoms with Gasteiger partial charge in [-0.05, 0) is 35.7 Å². The summed E-state index contributed by atoms with van der Waals surface area (Å²) in [6.07, 6.45) is 0.748. The number of nitrogens with zero attached hydrogens (tertiary/aromatic N) is 1. The van der Waals surface area contributed by atoms with Gasteiger partial charge in [-0.1, -0.05) is 55.6 Å². The van der Waals surface area contributed by atoms with E-state index in [-0.39, 0.29) is 23.3 Å². The number of rotatable bonds is 8. The van der Waals surface area contributed by atoms with Crippen molar-refractivity contribution >= 4 is 44.6 Å². The van der Waals surface area contributed by atoms with E-state index in [1.165, 1.54) is 10.4 Å². The molecule has 0 bridgehead atoms. The van der Waals surface area contributed by atoms with E-state index >= 15 is 0 Å². The minimum absolute atomic E-state index is 0.00519. The van der Waals surface area contributed by atoms with Crippen LogP contribution in [-0.4, -0.2) is 30.5 Å². The fourth-order valence-corrected chi connectivity index (χ4v) is 6.10. The molecular weight excluding hydrogens is 401 g/mol. The topological polar surface area (TPSA) is 57.6 Å². The number of sulfonamides is 1. The Morgan fingerprint density at radius 1 is 1.24 bits per heavy atom. The molecule has 1 heterocycles. The Kier molecular flexibility index (Phi) is 7.31. The Bertz CT molecular complexity index is 808. The lowest BCUT2D eigenvalue weighted by Gasteiger charge is -2.33. The Balaban J connectivity index is 2.47. The molecule has 0 fully saturated rings. The van der Waals surface area contributed by atoms with Gasteiger partial charge in [0.1, 0.15) is 4.21 Å². The van der Waals surface area contributed by atoms with E-state index < -0.39 is 16.1 Å². The maximum absolute atomic E-state index is 13.2. The van der Waals surface area contributed by atoms with Gasteiger partial charge in [0.25, 0.3) is 10.0 Å². The van der Waals surface area contributed by atoms with Crippen LogP contribution in [0.4, 0.5) is 0 Å². The van der Waals surface area contributed by atoms with Gasteiger partial charge in [0, 0.05) is 11.6 Å². The highest BCUT2D eigenvalue weighted by Gasteiger charge is 2.34. The molecule has 8 heteroatoms. The fraction of sp³-hybridized carbons (Fsp3) is 0.412. The largest absolute Gasteiger partial charge is 0.395 e. The van der Waals surface area contributed by atoms with Crippen LogP contribution in [0.15, 0.2) is 40.6 Å². The molecule has 0 amide bonds. The molecule has 0 saturated carbocycles. The third-order valence-electron chi connectivity index (χ3n) is 4.20. The summed E-state index contributed by atoms with van der Waals surface area (Å²) in [5.41, 5.74) is 0.764. The lowest BCUT2D eigenvalue weighted by Crippen LogP contribution is -2.45. The van der Waals surface area contributed by atoms with Crippen molar-refractivity contribution in [3.63, 3.8) is 0 Å². The Morgan fingerprint density at radius 2 is 1.96 bits per heavy atom. The van der Waals surface area contributed by atoms with Gasteiger partial charge in [-0.2, -0.15) is 4.31 Å². The van der Waals surface area contributed by atoms with Crippen molar-refractivity contribution in [2.24, 2.45) is 5.92 Å². The number of thiophene rings is 1. The zero-order valence-corrected chi connectivity index (χ0v) is 17.2. The van der Waals surface area contributed by atoms with Gasteiger partial charge in [0.2, 0.25) is 0 Å². The van der Waals surface area contributed by atoms with Gasteiger partial charge in [0.05, 0.1) is 17.0 Å². The summed E-state index contributed by atoms with van der Waals surface area (Å²) >= 11 is 13.0. The Labute approximate surface area is 163 Å². The van der Waals surface area contributed by atoms with Crippen molar-refractivity contribution in [1.82, 2.24) is 4.31 Å². The van der Waals surface area contributed by atoms with Gasteiger partial charge in [-0.3, -0.25) is 0 Å². The normalized spacial score (nSPS) is 14.6. The zero-order valence-electron chi connectivity index (χ0n) is 14.0. The molecule has 1 aromatic carbocycles. The number of hydrogen-bond acceptors (Lipinski definition) is 4. The van der Waals surface area contributed by atoms with E-state index in [2.05, 4.69) is 0 Å². The van der Waals surface area contributed by atoms with Gasteiger partial charge in [-0.25, -0.2) is 8.42 Å². The fourth-order valence-electron chi connectivity index (χ4n) is 2.57. The summed E-state index contributed by atoms with van der Waals surface area (Å²) in [6.45, 7) is 3.78. The van der Waals surface area contributed by atoms with Crippen LogP contribution < -0.4 is 0 Å². The summed E-state index contributed by atoms with van der Waals surface area (Å²) in [7, 11) is -3.79. The average Bonchev–Trinajstić information content (AvgIpc) is 3.01. The van der Waals surface area contributed by atoms with E-state index in [0.717, 1.165) is 23.3 Å². The van der Waals surface area contributed by atoms with E-state index in [4.69, 9.17) is 23.2 Å². The zero-order chi connectivity index (χ0) is 18.6. The predicted octanol–water partition coefficient (Wildman–Crippen LogP) is 4.65. The highest BCUT2D eigenvalue weighted by Crippen LogP contribution is 2.32. The monoisotopic (exact) mass is 421 g/mol. The molecule has 25 heavy (non-hydrogen) atoms. The lowest BCUT2D eigenvalue weighted by atomic mass is 9.99. The average molecular weight is 422 g/mol. The second kappa shape index (κ2) is 8.84. The van der Waals surface area contributed by atoms with Crippen LogP contribution in [0.2, 0.25) is 9.36 Å². The predicted molar refractivity (Wildman–Crippen MR) is 104 cm³/mol. The van der Waals surface area contributed by atoms with Crippen molar-refractivity contribution in [1.29, 1.82) is 0 Å². The summed E-state index contributed by atoms with van der Waals surface area (Å²) in [6, 6.07) is 9.60. The number of benzene rings is 1. The maximum Gasteiger partial charge on any atom is 0.253 e. The minimum Gasteiger partial charge on any atom is -0.395 e. The van der Waals surface area contributed by atoms with Gasteiger partial charge < -0.3 is 5.11 Å². The first-order valence-corrected chi connectivity index (χ1v) is 10.9. The molecule has 2 rings (SSSR count). The molecule has 0 aliphatic carbocycles. The van der Waals surface area contributed by atoms with E-state index in [1.54, 1.807) is 24.3 Å². The van der Waals surface area contributed by atoms with Gasteiger partial charge >= 0.3 is 0 Å². The molecule has 2 aromatic rings. The molecule has 0 saturated heterocycles. The van der Waals surface area contributed by atoms with Crippen LogP contribution in [0.25, 0.3) is 0 Å². The van der Waals surface area contributed by atoms with Crippen LogP contribution in [-0.2, 0) is 16.6 Å². The summed E-state index contributed by atoms with van der Waals surface area (Å²) < 4.78 is 28.3. The van der Waals surface area contributed by atoms with Crippen molar-refractivity contribution in [3.8, 4) is 0 Å². The highest BCUT2D eigenvalue weighted by atomic mass is 35.5. The second-order valence-corrected chi connectivity index (χ2v) is 10.1. The SMILES string of the molecule is CCC(C)C(CO)N(Cc1cccc(Cl)c1)S(=O)(=O)c1ccc(Cl)s1. The van der Waals surface area contributed by atoms with E-state index in [1.807, 2.05) is 19.9 Å². The number of hydrogen-bond donors (Lipinski definition) is 1. The van der Waals surface area contributed by atoms with Crippen LogP contribution >= 0.6 is 34.5 Å². The quantitative estimate of drug-likeness (QED) is 0.674. The molecule has 0 spiro atoms. The lowest BCUT2D eigenvalue weighted by molar-refractivity contribution is 0.139. The van der Waals surface area contributed by atoms with Crippen LogP contribution in [0.3, 0.4) is 0 Å². The first-order valence-electron chi connectivity index (χ1n) is 7.92. The molecule has 0 aliphatic rings. The second-order valence-electron chi connectivity index (χ2n) is 5.87. The number of aliphatic hydroxyl groups is 1. The molecule has 2 atom stereocenters. The van der Waals surface area contributed by atoms with Crippen molar-refractivity contribution in [2.75, 3.05) is 6.61 Å². The molecule has 138 valence electrons. The first-order chi connectivity index (χ1) is 11.8. The van der Waals surface area contributed by atoms with E-state index in [9.17, 15) is 13.5 Å². The molecule has 1 N–H and O–H groups in total. The van der Waals surface area contributed by atoms with Crippen molar-refractivity contribution < 1.29 is 13.5 Å². The van der Waals surface area contributed by atoms with Gasteiger partial charge in [-0.15, -0.1) is 11.3 Å². The van der Waals surface area contributed by atoms with Crippen LogP contribution in [0, 0.1) is 5.92 Å². The molecular formula is C17H21Cl2NO3S2. The minimum atomic E-state index is -3.79. The van der Waals surface area contributed by atoms with Crippen LogP contribution in [0.1, 0.15) is 25.8 Å². The highest BCUT2D eigenvalue weighted by molar-refractivity contribution is 7.91. The maximum atomic E-state index is 13.2.